The molecule has 1 radical (unpaired) electrons. The molecule has 2 saturated heterocycles. The van der Waals surface area contributed by atoms with E-state index in [0.29, 0.717) is 6.54 Å². The van der Waals surface area contributed by atoms with Crippen LogP contribution in [0.15, 0.2) is 97.3 Å². The van der Waals surface area contributed by atoms with Crippen LogP contribution in [0.25, 0.3) is 50.7 Å². The molecule has 0 bridgehead atoms. The maximum Gasteiger partial charge on any atom is 0.407 e. The third-order valence-electron chi connectivity index (χ3n) is 12.6. The molecule has 3 N–H and O–H groups in total. The summed E-state index contributed by atoms with van der Waals surface area (Å²) in [6, 6.07) is 29.1. The van der Waals surface area contributed by atoms with Gasteiger partial charge in [0.15, 0.2) is 0 Å². The Balaban J connectivity index is 1.07. The van der Waals surface area contributed by atoms with Crippen LogP contribution in [0.4, 0.5) is 4.79 Å². The van der Waals surface area contributed by atoms with E-state index in [-0.39, 0.29) is 41.1 Å². The number of ether oxygens (including phenoxy) is 1. The normalized spacial score (nSPS) is 17.1. The van der Waals surface area contributed by atoms with Crippen molar-refractivity contribution in [1.82, 2.24) is 39.6 Å². The lowest BCUT2D eigenvalue weighted by molar-refractivity contribution is -0.135. The van der Waals surface area contributed by atoms with E-state index < -0.39 is 12.1 Å². The van der Waals surface area contributed by atoms with E-state index in [2.05, 4.69) is 126 Å². The van der Waals surface area contributed by atoms with Gasteiger partial charge in [0.25, 0.3) is 0 Å². The number of para-hydroxylation sites is 1. The zero-order valence-electron chi connectivity index (χ0n) is 38.3. The van der Waals surface area contributed by atoms with Crippen molar-refractivity contribution in [2.45, 2.75) is 97.7 Å². The summed E-state index contributed by atoms with van der Waals surface area (Å²) in [5.74, 6) is 1.59. The number of alkyl carbamates (subject to hydrolysis) is 1. The average molecular weight is 862 g/mol. The molecule has 333 valence electrons. The molecular formula is C52H61N8O4. The van der Waals surface area contributed by atoms with Gasteiger partial charge in [-0.1, -0.05) is 115 Å². The molecular weight excluding hydrogens is 801 g/mol. The summed E-state index contributed by atoms with van der Waals surface area (Å²) in [5, 5.41) is 2.73. The standard InChI is InChI=1S/C52H61N8O4/c1-32(2)29-46(61)58-27-11-15-44(58)48-53-30-39(55-48)34-17-21-36(22-18-34)41-25-26-42(60(41)43-14-10-9-13-38(43)52(5,6)7)37-23-19-35(20-24-37)40-31-54-49(56-40)45-16-12-28-59(45)50(62)47(33(3)4)57-51(63)64-8/h9-10,13-14,17-26,29-33,44-45,47H,11-12,15-16,27-28H2,1-8H3,(H,53,55)(H,54,56)(H,57,63)/t44-,45-,47-/m0/s1. The molecule has 5 heterocycles. The first-order valence-electron chi connectivity index (χ1n) is 22.7. The zero-order valence-corrected chi connectivity index (χ0v) is 38.3. The van der Waals surface area contributed by atoms with Gasteiger partial charge >= 0.3 is 6.09 Å². The van der Waals surface area contributed by atoms with Gasteiger partial charge in [0.2, 0.25) is 11.8 Å². The minimum atomic E-state index is -0.694. The Morgan fingerprint density at radius 1 is 0.719 bits per heavy atom. The van der Waals surface area contributed by atoms with Gasteiger partial charge in [0, 0.05) is 42.3 Å². The van der Waals surface area contributed by atoms with Gasteiger partial charge < -0.3 is 34.4 Å². The number of H-pyrrole nitrogens is 2. The summed E-state index contributed by atoms with van der Waals surface area (Å²) in [5.41, 5.74) is 10.1. The molecule has 0 spiro atoms. The lowest BCUT2D eigenvalue weighted by atomic mass is 9.85. The summed E-state index contributed by atoms with van der Waals surface area (Å²) >= 11 is 0. The fourth-order valence-corrected chi connectivity index (χ4v) is 9.27. The molecule has 12 heteroatoms. The number of aromatic nitrogens is 5. The summed E-state index contributed by atoms with van der Waals surface area (Å²) < 4.78 is 7.18. The number of hydrogen-bond acceptors (Lipinski definition) is 6. The average Bonchev–Trinajstić information content (AvgIpc) is 4.14. The third-order valence-corrected chi connectivity index (χ3v) is 12.6. The van der Waals surface area contributed by atoms with Crippen molar-refractivity contribution >= 4 is 17.9 Å². The third kappa shape index (κ3) is 9.00. The first-order chi connectivity index (χ1) is 30.7. The smallest absolute Gasteiger partial charge is 0.407 e. The Kier molecular flexibility index (Phi) is 12.7. The number of amides is 3. The fraction of sp³-hybridized carbons (Fsp3) is 0.385. The zero-order chi connectivity index (χ0) is 45.3. The number of hydrogen-bond donors (Lipinski definition) is 3. The Labute approximate surface area is 376 Å². The lowest BCUT2D eigenvalue weighted by Gasteiger charge is -2.29. The fourth-order valence-electron chi connectivity index (χ4n) is 9.27. The number of likely N-dealkylation sites (tertiary alicyclic amines) is 2. The van der Waals surface area contributed by atoms with Gasteiger partial charge in [-0.2, -0.15) is 0 Å². The molecule has 0 unspecified atom stereocenters. The van der Waals surface area contributed by atoms with Crippen molar-refractivity contribution in [1.29, 1.82) is 0 Å². The monoisotopic (exact) mass is 861 g/mol. The number of nitrogens with zero attached hydrogens (tertiary/aromatic N) is 5. The van der Waals surface area contributed by atoms with Crippen molar-refractivity contribution in [3.63, 3.8) is 0 Å². The Bertz CT molecular complexity index is 2590. The minimum absolute atomic E-state index is 0.0482. The molecule has 3 amide bonds. The van der Waals surface area contributed by atoms with E-state index in [9.17, 15) is 14.4 Å². The summed E-state index contributed by atoms with van der Waals surface area (Å²) in [6.45, 7) is 16.0. The number of carbonyl (C=O) groups excluding carboxylic acids is 3. The van der Waals surface area contributed by atoms with Crippen LogP contribution in [0.2, 0.25) is 0 Å². The van der Waals surface area contributed by atoms with E-state index in [0.717, 1.165) is 94.6 Å². The predicted octanol–water partition coefficient (Wildman–Crippen LogP) is 10.5. The van der Waals surface area contributed by atoms with Crippen molar-refractivity contribution in [3.8, 4) is 50.7 Å². The number of aromatic amines is 2. The largest absolute Gasteiger partial charge is 0.453 e. The molecule has 2 aliphatic heterocycles. The summed E-state index contributed by atoms with van der Waals surface area (Å²) in [6.07, 6.45) is 8.52. The van der Waals surface area contributed by atoms with Gasteiger partial charge in [-0.3, -0.25) is 9.59 Å². The van der Waals surface area contributed by atoms with Crippen molar-refractivity contribution < 1.29 is 19.1 Å². The molecule has 3 aromatic carbocycles. The van der Waals surface area contributed by atoms with Crippen LogP contribution < -0.4 is 5.32 Å². The quantitative estimate of drug-likeness (QED) is 0.112. The molecule has 0 saturated carbocycles. The lowest BCUT2D eigenvalue weighted by Crippen LogP contribution is -2.51. The predicted molar refractivity (Wildman–Crippen MR) is 251 cm³/mol. The van der Waals surface area contributed by atoms with E-state index in [4.69, 9.17) is 14.7 Å². The number of rotatable bonds is 12. The molecule has 2 fully saturated rings. The van der Waals surface area contributed by atoms with Crippen LogP contribution in [0.5, 0.6) is 0 Å². The molecule has 64 heavy (non-hydrogen) atoms. The van der Waals surface area contributed by atoms with E-state index in [1.165, 1.54) is 12.7 Å². The topological polar surface area (TPSA) is 141 Å². The van der Waals surface area contributed by atoms with Gasteiger partial charge in [-0.05, 0) is 77.8 Å². The van der Waals surface area contributed by atoms with Gasteiger partial charge in [0.05, 0.1) is 48.4 Å². The number of carbonyl (C=O) groups is 3. The molecule has 0 aliphatic carbocycles. The number of imidazole rings is 2. The van der Waals surface area contributed by atoms with Crippen LogP contribution >= 0.6 is 0 Å². The minimum Gasteiger partial charge on any atom is -0.453 e. The van der Waals surface area contributed by atoms with E-state index in [1.807, 2.05) is 49.9 Å². The van der Waals surface area contributed by atoms with Gasteiger partial charge in [-0.25, -0.2) is 14.8 Å². The number of methoxy groups -OCH3 is 1. The summed E-state index contributed by atoms with van der Waals surface area (Å²) in [7, 11) is 1.30. The highest BCUT2D eigenvalue weighted by molar-refractivity contribution is 5.87. The highest BCUT2D eigenvalue weighted by Gasteiger charge is 2.38. The molecule has 3 aromatic heterocycles. The molecule has 3 atom stereocenters. The first-order valence-corrected chi connectivity index (χ1v) is 22.7. The van der Waals surface area contributed by atoms with Crippen LogP contribution in [-0.4, -0.2) is 78.5 Å². The number of benzene rings is 3. The second-order valence-electron chi connectivity index (χ2n) is 18.9. The summed E-state index contributed by atoms with van der Waals surface area (Å²) in [4.78, 5) is 59.3. The van der Waals surface area contributed by atoms with Crippen LogP contribution in [0.1, 0.15) is 103 Å². The maximum absolute atomic E-state index is 13.7. The van der Waals surface area contributed by atoms with Crippen LogP contribution in [-0.2, 0) is 19.7 Å². The van der Waals surface area contributed by atoms with Crippen molar-refractivity contribution in [2.75, 3.05) is 20.2 Å². The van der Waals surface area contributed by atoms with Crippen LogP contribution in [0, 0.1) is 18.3 Å². The SMILES string of the molecule is COC(=O)N[C@H](C(=O)N1CCC[C@H]1c1nc(-c2ccc(-c3ccc(-c4ccc(-c5c[nH]c([C@@H]6CCCN6C(=O)[CH]C(C)C)n5)cc4)n3-c3ccccc3C(C)(C)C)cc2)c[nH]1)C(C)C. The number of nitrogens with one attached hydrogen (secondary N) is 3. The molecule has 8 rings (SSSR count). The highest BCUT2D eigenvalue weighted by Crippen LogP contribution is 2.39. The van der Waals surface area contributed by atoms with Gasteiger partial charge in [-0.15, -0.1) is 0 Å². The van der Waals surface area contributed by atoms with Crippen molar-refractivity contribution in [3.05, 3.63) is 121 Å². The van der Waals surface area contributed by atoms with E-state index >= 15 is 0 Å². The highest BCUT2D eigenvalue weighted by atomic mass is 16.5. The molecule has 12 nitrogen and oxygen atoms in total. The Morgan fingerprint density at radius 3 is 1.72 bits per heavy atom. The molecule has 6 aromatic rings. The van der Waals surface area contributed by atoms with Crippen molar-refractivity contribution in [2.24, 2.45) is 11.8 Å². The second kappa shape index (κ2) is 18.3. The van der Waals surface area contributed by atoms with Gasteiger partial charge in [0.1, 0.15) is 17.7 Å². The van der Waals surface area contributed by atoms with Crippen LogP contribution in [0.3, 0.4) is 0 Å². The molecule has 2 aliphatic rings. The Hall–Kier alpha value is -6.43. The van der Waals surface area contributed by atoms with E-state index in [1.54, 1.807) is 6.42 Å². The first kappa shape index (κ1) is 44.2. The second-order valence-corrected chi connectivity index (χ2v) is 18.9. The Morgan fingerprint density at radius 2 is 1.22 bits per heavy atom. The maximum atomic E-state index is 13.7.